The summed E-state index contributed by atoms with van der Waals surface area (Å²) in [5.74, 6) is 0.558. The Kier molecular flexibility index (Phi) is 5.69. The first kappa shape index (κ1) is 15.9. The quantitative estimate of drug-likeness (QED) is 0.804. The molecule has 7 heteroatoms. The second-order valence-electron chi connectivity index (χ2n) is 5.91. The second kappa shape index (κ2) is 7.51. The lowest BCUT2D eigenvalue weighted by atomic mass is 10.1. The standard InChI is InChI=1S/C14H25N5O2/c1-12(2)3-4-19-11-13(15-16-19)14(21)18-7-5-17(6-8-18)9-10-20/h11-12,20H,3-10H2,1-2H3. The maximum absolute atomic E-state index is 12.4. The van der Waals surface area contributed by atoms with Gasteiger partial charge in [0.05, 0.1) is 12.8 Å². The number of aliphatic hydroxyl groups is 1. The third kappa shape index (κ3) is 4.50. The monoisotopic (exact) mass is 295 g/mol. The van der Waals surface area contributed by atoms with Gasteiger partial charge in [0, 0.05) is 39.3 Å². The van der Waals surface area contributed by atoms with Crippen LogP contribution < -0.4 is 0 Å². The van der Waals surface area contributed by atoms with E-state index in [0.29, 0.717) is 31.2 Å². The highest BCUT2D eigenvalue weighted by Crippen LogP contribution is 2.07. The molecule has 1 amide bonds. The van der Waals surface area contributed by atoms with Crippen molar-refractivity contribution in [3.05, 3.63) is 11.9 Å². The maximum Gasteiger partial charge on any atom is 0.276 e. The van der Waals surface area contributed by atoms with Gasteiger partial charge in [0.25, 0.3) is 5.91 Å². The maximum atomic E-state index is 12.4. The molecule has 7 nitrogen and oxygen atoms in total. The number of nitrogens with zero attached hydrogens (tertiary/aromatic N) is 5. The number of amides is 1. The average Bonchev–Trinajstić information content (AvgIpc) is 2.94. The first-order chi connectivity index (χ1) is 10.1. The molecule has 2 rings (SSSR count). The van der Waals surface area contributed by atoms with Crippen LogP contribution in [-0.4, -0.2) is 75.1 Å². The van der Waals surface area contributed by atoms with Gasteiger partial charge < -0.3 is 10.0 Å². The van der Waals surface area contributed by atoms with E-state index in [1.807, 2.05) is 4.90 Å². The Morgan fingerprint density at radius 1 is 1.29 bits per heavy atom. The van der Waals surface area contributed by atoms with E-state index in [1.165, 1.54) is 0 Å². The van der Waals surface area contributed by atoms with Gasteiger partial charge in [-0.3, -0.25) is 14.4 Å². The number of rotatable bonds is 6. The number of hydrogen-bond donors (Lipinski definition) is 1. The molecular formula is C14H25N5O2. The number of carbonyl (C=O) groups is 1. The second-order valence-corrected chi connectivity index (χ2v) is 5.91. The first-order valence-electron chi connectivity index (χ1n) is 7.62. The number of aliphatic hydroxyl groups excluding tert-OH is 1. The van der Waals surface area contributed by atoms with Crippen molar-refractivity contribution in [3.8, 4) is 0 Å². The van der Waals surface area contributed by atoms with Crippen LogP contribution in [0.2, 0.25) is 0 Å². The molecule has 0 aromatic carbocycles. The first-order valence-corrected chi connectivity index (χ1v) is 7.62. The van der Waals surface area contributed by atoms with Crippen molar-refractivity contribution in [2.45, 2.75) is 26.8 Å². The summed E-state index contributed by atoms with van der Waals surface area (Å²) in [4.78, 5) is 16.3. The number of aryl methyl sites for hydroxylation is 1. The fraction of sp³-hybridized carbons (Fsp3) is 0.786. The molecule has 1 aromatic rings. The number of aromatic nitrogens is 3. The van der Waals surface area contributed by atoms with Crippen molar-refractivity contribution in [1.82, 2.24) is 24.8 Å². The molecule has 1 aliphatic heterocycles. The average molecular weight is 295 g/mol. The number of carbonyl (C=O) groups excluding carboxylic acids is 1. The summed E-state index contributed by atoms with van der Waals surface area (Å²) in [6, 6.07) is 0. The van der Waals surface area contributed by atoms with Crippen LogP contribution >= 0.6 is 0 Å². The molecule has 1 aliphatic rings. The Bertz CT molecular complexity index is 452. The third-order valence-electron chi connectivity index (χ3n) is 3.77. The van der Waals surface area contributed by atoms with E-state index in [4.69, 9.17) is 5.11 Å². The normalized spacial score (nSPS) is 16.7. The molecule has 0 aliphatic carbocycles. The van der Waals surface area contributed by atoms with E-state index in [-0.39, 0.29) is 12.5 Å². The Morgan fingerprint density at radius 2 is 2.00 bits per heavy atom. The van der Waals surface area contributed by atoms with E-state index >= 15 is 0 Å². The minimum atomic E-state index is -0.0468. The smallest absolute Gasteiger partial charge is 0.276 e. The van der Waals surface area contributed by atoms with Crippen molar-refractivity contribution in [3.63, 3.8) is 0 Å². The van der Waals surface area contributed by atoms with Crippen molar-refractivity contribution >= 4 is 5.91 Å². The summed E-state index contributed by atoms with van der Waals surface area (Å²) >= 11 is 0. The lowest BCUT2D eigenvalue weighted by Gasteiger charge is -2.33. The molecule has 0 unspecified atom stereocenters. The highest BCUT2D eigenvalue weighted by atomic mass is 16.3. The minimum Gasteiger partial charge on any atom is -0.395 e. The minimum absolute atomic E-state index is 0.0468. The molecule has 1 N–H and O–H groups in total. The molecule has 0 bridgehead atoms. The number of β-amino-alcohol motifs (C(OH)–C–C–N with tert-alkyl or cyclic N) is 1. The van der Waals surface area contributed by atoms with Crippen LogP contribution in [-0.2, 0) is 6.54 Å². The zero-order valence-corrected chi connectivity index (χ0v) is 12.9. The molecule has 118 valence electrons. The molecular weight excluding hydrogens is 270 g/mol. The van der Waals surface area contributed by atoms with Crippen LogP contribution in [0, 0.1) is 5.92 Å². The molecule has 21 heavy (non-hydrogen) atoms. The fourth-order valence-electron chi connectivity index (χ4n) is 2.37. The highest BCUT2D eigenvalue weighted by Gasteiger charge is 2.23. The van der Waals surface area contributed by atoms with Crippen LogP contribution in [0.1, 0.15) is 30.8 Å². The molecule has 0 radical (unpaired) electrons. The van der Waals surface area contributed by atoms with Gasteiger partial charge in [-0.15, -0.1) is 5.10 Å². The Hall–Kier alpha value is -1.47. The molecule has 1 fully saturated rings. The molecule has 2 heterocycles. The molecule has 0 saturated carbocycles. The van der Waals surface area contributed by atoms with Gasteiger partial charge in [-0.05, 0) is 12.3 Å². The van der Waals surface area contributed by atoms with Crippen LogP contribution in [0.25, 0.3) is 0 Å². The topological polar surface area (TPSA) is 74.5 Å². The van der Waals surface area contributed by atoms with Gasteiger partial charge in [0.1, 0.15) is 0 Å². The van der Waals surface area contributed by atoms with Crippen LogP contribution in [0.4, 0.5) is 0 Å². The molecule has 1 saturated heterocycles. The lowest BCUT2D eigenvalue weighted by molar-refractivity contribution is 0.0609. The van der Waals surface area contributed by atoms with E-state index in [9.17, 15) is 4.79 Å². The number of piperazine rings is 1. The summed E-state index contributed by atoms with van der Waals surface area (Å²) in [5.41, 5.74) is 0.425. The van der Waals surface area contributed by atoms with E-state index in [2.05, 4.69) is 29.1 Å². The van der Waals surface area contributed by atoms with E-state index < -0.39 is 0 Å². The van der Waals surface area contributed by atoms with Gasteiger partial charge in [0.15, 0.2) is 5.69 Å². The van der Waals surface area contributed by atoms with Crippen LogP contribution in [0.5, 0.6) is 0 Å². The zero-order valence-electron chi connectivity index (χ0n) is 12.9. The van der Waals surface area contributed by atoms with Crippen LogP contribution in [0.15, 0.2) is 6.20 Å². The predicted molar refractivity (Wildman–Crippen MR) is 78.9 cm³/mol. The summed E-state index contributed by atoms with van der Waals surface area (Å²) in [5, 5.41) is 16.9. The third-order valence-corrected chi connectivity index (χ3v) is 3.77. The van der Waals surface area contributed by atoms with Gasteiger partial charge in [0.2, 0.25) is 0 Å². The zero-order chi connectivity index (χ0) is 15.2. The van der Waals surface area contributed by atoms with E-state index in [1.54, 1.807) is 10.9 Å². The summed E-state index contributed by atoms with van der Waals surface area (Å²) < 4.78 is 1.75. The van der Waals surface area contributed by atoms with Crippen molar-refractivity contribution in [2.75, 3.05) is 39.3 Å². The summed E-state index contributed by atoms with van der Waals surface area (Å²) in [6.07, 6.45) is 2.77. The molecule has 0 atom stereocenters. The summed E-state index contributed by atoms with van der Waals surface area (Å²) in [6.45, 7) is 8.91. The highest BCUT2D eigenvalue weighted by molar-refractivity contribution is 5.92. The Morgan fingerprint density at radius 3 is 2.62 bits per heavy atom. The fourth-order valence-corrected chi connectivity index (χ4v) is 2.37. The van der Waals surface area contributed by atoms with Crippen molar-refractivity contribution in [1.29, 1.82) is 0 Å². The van der Waals surface area contributed by atoms with E-state index in [0.717, 1.165) is 26.1 Å². The lowest BCUT2D eigenvalue weighted by Crippen LogP contribution is -2.49. The largest absolute Gasteiger partial charge is 0.395 e. The van der Waals surface area contributed by atoms with Crippen LogP contribution in [0.3, 0.4) is 0 Å². The molecule has 1 aromatic heterocycles. The van der Waals surface area contributed by atoms with Gasteiger partial charge in [-0.2, -0.15) is 0 Å². The Labute approximate surface area is 125 Å². The number of hydrogen-bond acceptors (Lipinski definition) is 5. The van der Waals surface area contributed by atoms with Crippen molar-refractivity contribution in [2.24, 2.45) is 5.92 Å². The summed E-state index contributed by atoms with van der Waals surface area (Å²) in [7, 11) is 0. The van der Waals surface area contributed by atoms with Gasteiger partial charge in [-0.1, -0.05) is 19.1 Å². The van der Waals surface area contributed by atoms with Gasteiger partial charge in [-0.25, -0.2) is 0 Å². The SMILES string of the molecule is CC(C)CCn1cc(C(=O)N2CCN(CCO)CC2)nn1. The van der Waals surface area contributed by atoms with Gasteiger partial charge >= 0.3 is 0 Å². The Balaban J connectivity index is 1.86. The predicted octanol–water partition coefficient (Wildman–Crippen LogP) is 0.0743. The van der Waals surface area contributed by atoms with Crippen molar-refractivity contribution < 1.29 is 9.90 Å². The molecule has 0 spiro atoms.